The number of nitrogens with two attached hydrogens (primary N) is 1. The highest BCUT2D eigenvalue weighted by Crippen LogP contribution is 2.30. The topological polar surface area (TPSA) is 29.3 Å². The van der Waals surface area contributed by atoms with E-state index < -0.39 is 0 Å². The molecule has 1 fully saturated rings. The lowest BCUT2D eigenvalue weighted by Crippen LogP contribution is -2.36. The van der Waals surface area contributed by atoms with Gasteiger partial charge in [0.25, 0.3) is 0 Å². The van der Waals surface area contributed by atoms with Gasteiger partial charge in [0.15, 0.2) is 0 Å². The molecule has 0 radical (unpaired) electrons. The third-order valence-electron chi connectivity index (χ3n) is 4.27. The lowest BCUT2D eigenvalue weighted by atomic mass is 9.93. The van der Waals surface area contributed by atoms with Crippen molar-refractivity contribution in [2.75, 3.05) is 11.4 Å². The Morgan fingerprint density at radius 3 is 2.55 bits per heavy atom. The smallest absolute Gasteiger partial charge is 0.0459 e. The summed E-state index contributed by atoms with van der Waals surface area (Å²) < 4.78 is 0. The van der Waals surface area contributed by atoms with E-state index in [2.05, 4.69) is 30.0 Å². The van der Waals surface area contributed by atoms with Gasteiger partial charge in [0.05, 0.1) is 0 Å². The highest BCUT2D eigenvalue weighted by atomic mass is 35.5. The van der Waals surface area contributed by atoms with Gasteiger partial charge in [-0.15, -0.1) is 0 Å². The van der Waals surface area contributed by atoms with Crippen LogP contribution in [0.3, 0.4) is 0 Å². The summed E-state index contributed by atoms with van der Waals surface area (Å²) in [7, 11) is 0. The van der Waals surface area contributed by atoms with Gasteiger partial charge in [-0.1, -0.05) is 36.9 Å². The van der Waals surface area contributed by atoms with Gasteiger partial charge in [-0.3, -0.25) is 0 Å². The molecule has 0 saturated heterocycles. The Balaban J connectivity index is 2.15. The molecule has 0 heterocycles. The van der Waals surface area contributed by atoms with Gasteiger partial charge in [-0.2, -0.15) is 0 Å². The van der Waals surface area contributed by atoms with Crippen molar-refractivity contribution >= 4 is 17.3 Å². The first-order valence-corrected chi connectivity index (χ1v) is 8.30. The van der Waals surface area contributed by atoms with E-state index in [-0.39, 0.29) is 6.04 Å². The van der Waals surface area contributed by atoms with Gasteiger partial charge in [0, 0.05) is 29.3 Å². The third-order valence-corrected chi connectivity index (χ3v) is 4.62. The predicted octanol–water partition coefficient (Wildman–Crippen LogP) is 4.39. The third kappa shape index (κ3) is 3.89. The summed E-state index contributed by atoms with van der Waals surface area (Å²) in [5.41, 5.74) is 8.28. The average Bonchev–Trinajstić information content (AvgIpc) is 2.43. The summed E-state index contributed by atoms with van der Waals surface area (Å²) in [6.45, 7) is 5.30. The van der Waals surface area contributed by atoms with Crippen LogP contribution in [0.4, 0.5) is 5.69 Å². The van der Waals surface area contributed by atoms with Crippen LogP contribution in [0.15, 0.2) is 18.2 Å². The molecular weight excluding hydrogens is 268 g/mol. The molecule has 1 aromatic rings. The highest BCUT2D eigenvalue weighted by Gasteiger charge is 2.20. The molecule has 20 heavy (non-hydrogen) atoms. The van der Waals surface area contributed by atoms with Crippen LogP contribution < -0.4 is 10.6 Å². The number of halogens is 1. The number of rotatable bonds is 5. The summed E-state index contributed by atoms with van der Waals surface area (Å²) in [6.07, 6.45) is 7.58. The van der Waals surface area contributed by atoms with E-state index >= 15 is 0 Å². The van der Waals surface area contributed by atoms with E-state index in [1.54, 1.807) is 0 Å². The molecule has 0 amide bonds. The van der Waals surface area contributed by atoms with Gasteiger partial charge in [-0.25, -0.2) is 0 Å². The SMILES string of the molecule is CCN(c1ccc(CC(C)N)c(Cl)c1)C1CCCCC1. The van der Waals surface area contributed by atoms with Gasteiger partial charge >= 0.3 is 0 Å². The summed E-state index contributed by atoms with van der Waals surface area (Å²) in [4.78, 5) is 2.51. The maximum atomic E-state index is 6.43. The summed E-state index contributed by atoms with van der Waals surface area (Å²) in [6, 6.07) is 7.31. The Labute approximate surface area is 128 Å². The van der Waals surface area contributed by atoms with E-state index in [0.717, 1.165) is 23.6 Å². The zero-order valence-electron chi connectivity index (χ0n) is 12.7. The summed E-state index contributed by atoms with van der Waals surface area (Å²) >= 11 is 6.43. The van der Waals surface area contributed by atoms with Crippen molar-refractivity contribution in [2.45, 2.75) is 64.5 Å². The fourth-order valence-corrected chi connectivity index (χ4v) is 3.52. The van der Waals surface area contributed by atoms with E-state index in [1.807, 2.05) is 6.92 Å². The van der Waals surface area contributed by atoms with Crippen LogP contribution in [-0.4, -0.2) is 18.6 Å². The second kappa shape index (κ2) is 7.33. The Morgan fingerprint density at radius 1 is 1.30 bits per heavy atom. The molecule has 1 unspecified atom stereocenters. The van der Waals surface area contributed by atoms with Gasteiger partial charge < -0.3 is 10.6 Å². The van der Waals surface area contributed by atoms with Crippen molar-refractivity contribution < 1.29 is 0 Å². The van der Waals surface area contributed by atoms with E-state index in [0.29, 0.717) is 6.04 Å². The number of hydrogen-bond donors (Lipinski definition) is 1. The van der Waals surface area contributed by atoms with Crippen molar-refractivity contribution in [2.24, 2.45) is 5.73 Å². The molecule has 1 aliphatic rings. The maximum absolute atomic E-state index is 6.43. The van der Waals surface area contributed by atoms with Crippen LogP contribution in [0, 0.1) is 0 Å². The molecule has 0 spiro atoms. The van der Waals surface area contributed by atoms with Crippen molar-refractivity contribution in [3.8, 4) is 0 Å². The van der Waals surface area contributed by atoms with Gasteiger partial charge in [-0.05, 0) is 50.8 Å². The van der Waals surface area contributed by atoms with Crippen LogP contribution >= 0.6 is 11.6 Å². The first-order chi connectivity index (χ1) is 9.61. The Hall–Kier alpha value is -0.730. The zero-order chi connectivity index (χ0) is 14.5. The number of nitrogens with zero attached hydrogens (tertiary/aromatic N) is 1. The predicted molar refractivity (Wildman–Crippen MR) is 88.7 cm³/mol. The van der Waals surface area contributed by atoms with Crippen LogP contribution in [0.2, 0.25) is 5.02 Å². The second-order valence-corrected chi connectivity index (χ2v) is 6.44. The van der Waals surface area contributed by atoms with Crippen molar-refractivity contribution in [1.29, 1.82) is 0 Å². The molecule has 1 aromatic carbocycles. The average molecular weight is 295 g/mol. The van der Waals surface area contributed by atoms with Crippen molar-refractivity contribution in [3.63, 3.8) is 0 Å². The van der Waals surface area contributed by atoms with Crippen LogP contribution in [-0.2, 0) is 6.42 Å². The van der Waals surface area contributed by atoms with Gasteiger partial charge in [0.1, 0.15) is 0 Å². The van der Waals surface area contributed by atoms with E-state index in [4.69, 9.17) is 17.3 Å². The molecule has 1 atom stereocenters. The number of hydrogen-bond acceptors (Lipinski definition) is 2. The Bertz CT molecular complexity index is 425. The number of benzene rings is 1. The highest BCUT2D eigenvalue weighted by molar-refractivity contribution is 6.31. The molecule has 0 bridgehead atoms. The normalized spacial score (nSPS) is 18.0. The van der Waals surface area contributed by atoms with Crippen LogP contribution in [0.5, 0.6) is 0 Å². The Morgan fingerprint density at radius 2 is 2.00 bits per heavy atom. The van der Waals surface area contributed by atoms with E-state index in [9.17, 15) is 0 Å². The monoisotopic (exact) mass is 294 g/mol. The molecule has 112 valence electrons. The molecule has 3 heteroatoms. The fourth-order valence-electron chi connectivity index (χ4n) is 3.27. The molecule has 1 aliphatic carbocycles. The standard InChI is InChI=1S/C17H27ClN2/c1-3-20(15-7-5-4-6-8-15)16-10-9-14(11-13(2)19)17(18)12-16/h9-10,12-13,15H,3-8,11,19H2,1-2H3. The minimum absolute atomic E-state index is 0.152. The number of anilines is 1. The minimum atomic E-state index is 0.152. The first-order valence-electron chi connectivity index (χ1n) is 7.92. The second-order valence-electron chi connectivity index (χ2n) is 6.03. The molecule has 2 nitrogen and oxygen atoms in total. The molecule has 0 aromatic heterocycles. The fraction of sp³-hybridized carbons (Fsp3) is 0.647. The first kappa shape index (κ1) is 15.7. The Kier molecular flexibility index (Phi) is 5.74. The molecule has 0 aliphatic heterocycles. The molecule has 1 saturated carbocycles. The van der Waals surface area contributed by atoms with Crippen molar-refractivity contribution in [3.05, 3.63) is 28.8 Å². The van der Waals surface area contributed by atoms with Crippen LogP contribution in [0.25, 0.3) is 0 Å². The lowest BCUT2D eigenvalue weighted by molar-refractivity contribution is 0.418. The van der Waals surface area contributed by atoms with Crippen molar-refractivity contribution in [1.82, 2.24) is 0 Å². The minimum Gasteiger partial charge on any atom is -0.369 e. The largest absolute Gasteiger partial charge is 0.369 e. The quantitative estimate of drug-likeness (QED) is 0.873. The van der Waals surface area contributed by atoms with E-state index in [1.165, 1.54) is 37.8 Å². The lowest BCUT2D eigenvalue weighted by Gasteiger charge is -2.35. The molecule has 2 rings (SSSR count). The van der Waals surface area contributed by atoms with Gasteiger partial charge in [0.2, 0.25) is 0 Å². The molecular formula is C17H27ClN2. The summed E-state index contributed by atoms with van der Waals surface area (Å²) in [5.74, 6) is 0. The molecule has 2 N–H and O–H groups in total. The zero-order valence-corrected chi connectivity index (χ0v) is 13.5. The summed E-state index contributed by atoms with van der Waals surface area (Å²) in [5, 5.41) is 0.856. The maximum Gasteiger partial charge on any atom is 0.0459 e. The van der Waals surface area contributed by atoms with Crippen LogP contribution in [0.1, 0.15) is 51.5 Å².